The number of hydrogen-bond acceptors (Lipinski definition) is 6. The van der Waals surface area contributed by atoms with Crippen LogP contribution in [0, 0.1) is 13.8 Å². The van der Waals surface area contributed by atoms with Gasteiger partial charge in [-0.2, -0.15) is 14.5 Å². The van der Waals surface area contributed by atoms with Crippen LogP contribution in [0.3, 0.4) is 0 Å². The van der Waals surface area contributed by atoms with Crippen LogP contribution in [0.1, 0.15) is 42.4 Å². The van der Waals surface area contributed by atoms with Gasteiger partial charge in [0.05, 0.1) is 11.1 Å². The fraction of sp³-hybridized carbons (Fsp3) is 0.304. The number of ether oxygens (including phenoxy) is 1. The summed E-state index contributed by atoms with van der Waals surface area (Å²) in [6.07, 6.45) is 4.79. The summed E-state index contributed by atoms with van der Waals surface area (Å²) in [5.41, 5.74) is 2.06. The van der Waals surface area contributed by atoms with Crippen molar-refractivity contribution >= 4 is 11.6 Å². The average Bonchev–Trinajstić information content (AvgIpc) is 3.36. The first-order chi connectivity index (χ1) is 15.3. The molecule has 1 fully saturated rings. The Morgan fingerprint density at radius 1 is 1.06 bits per heavy atom. The molecule has 0 atom stereocenters. The van der Waals surface area contributed by atoms with E-state index in [1.807, 2.05) is 32.0 Å². The molecular formula is C23H23N5O4. The zero-order chi connectivity index (χ0) is 22.6. The van der Waals surface area contributed by atoms with Crippen LogP contribution in [0.5, 0.6) is 11.5 Å². The lowest BCUT2D eigenvalue weighted by Crippen LogP contribution is -2.44. The molecule has 3 N–H and O–H groups in total. The Bertz CT molecular complexity index is 1360. The molecule has 9 nitrogen and oxygen atoms in total. The molecule has 1 aliphatic carbocycles. The standard InChI is InChI=1S/C23H23N5O4/c1-13-9-15(28-22(31)27(24)19(29)12-25-28)10-14(2)20(13)32-16-5-6-18-17(11-16)23(21(30)26-18)7-3-4-8-23/h5-6,9-12H,3-4,7-8,24H2,1-2H3,(H,26,30). The Morgan fingerprint density at radius 2 is 1.75 bits per heavy atom. The van der Waals surface area contributed by atoms with Crippen LogP contribution in [-0.2, 0) is 10.2 Å². The van der Waals surface area contributed by atoms with Crippen LogP contribution >= 0.6 is 0 Å². The molecule has 9 heteroatoms. The number of anilines is 1. The minimum atomic E-state index is -0.734. The molecule has 0 radical (unpaired) electrons. The second-order valence-corrected chi connectivity index (χ2v) is 8.51. The first-order valence-corrected chi connectivity index (χ1v) is 10.5. The quantitative estimate of drug-likeness (QED) is 0.611. The van der Waals surface area contributed by atoms with Gasteiger partial charge in [-0.15, -0.1) is 0 Å². The fourth-order valence-corrected chi connectivity index (χ4v) is 4.85. The number of aromatic nitrogens is 3. The molecule has 0 saturated heterocycles. The van der Waals surface area contributed by atoms with E-state index in [2.05, 4.69) is 10.4 Å². The SMILES string of the molecule is Cc1cc(-n2ncc(=O)n(N)c2=O)cc(C)c1Oc1ccc2c(c1)C1(CCCC1)C(=O)N2. The summed E-state index contributed by atoms with van der Waals surface area (Å²) >= 11 is 0. The number of carbonyl (C=O) groups is 1. The summed E-state index contributed by atoms with van der Waals surface area (Å²) in [5.74, 6) is 6.89. The smallest absolute Gasteiger partial charge is 0.370 e. The van der Waals surface area contributed by atoms with Gasteiger partial charge in [0.1, 0.15) is 17.7 Å². The highest BCUT2D eigenvalue weighted by Gasteiger charge is 2.48. The predicted octanol–water partition coefficient (Wildman–Crippen LogP) is 2.28. The van der Waals surface area contributed by atoms with Crippen molar-refractivity contribution in [3.05, 3.63) is 74.1 Å². The highest BCUT2D eigenvalue weighted by Crippen LogP contribution is 2.50. The number of nitrogen functional groups attached to an aromatic ring is 1. The molecule has 2 heterocycles. The van der Waals surface area contributed by atoms with E-state index in [0.717, 1.165) is 58.9 Å². The molecular weight excluding hydrogens is 410 g/mol. The van der Waals surface area contributed by atoms with E-state index in [1.54, 1.807) is 12.1 Å². The van der Waals surface area contributed by atoms with Gasteiger partial charge in [-0.05, 0) is 73.7 Å². The van der Waals surface area contributed by atoms with Gasteiger partial charge in [-0.3, -0.25) is 9.59 Å². The van der Waals surface area contributed by atoms with Crippen LogP contribution < -0.4 is 27.1 Å². The van der Waals surface area contributed by atoms with Gasteiger partial charge in [-0.1, -0.05) is 12.8 Å². The predicted molar refractivity (Wildman–Crippen MR) is 119 cm³/mol. The third-order valence-electron chi connectivity index (χ3n) is 6.46. The number of nitrogens with two attached hydrogens (primary N) is 1. The molecule has 0 unspecified atom stereocenters. The van der Waals surface area contributed by atoms with Crippen molar-refractivity contribution in [1.29, 1.82) is 0 Å². The molecule has 3 aromatic rings. The lowest BCUT2D eigenvalue weighted by molar-refractivity contribution is -0.120. The minimum Gasteiger partial charge on any atom is -0.457 e. The molecule has 32 heavy (non-hydrogen) atoms. The van der Waals surface area contributed by atoms with Gasteiger partial charge < -0.3 is 15.9 Å². The second-order valence-electron chi connectivity index (χ2n) is 8.51. The molecule has 1 spiro atoms. The van der Waals surface area contributed by atoms with Crippen molar-refractivity contribution < 1.29 is 9.53 Å². The summed E-state index contributed by atoms with van der Waals surface area (Å²) in [7, 11) is 0. The Hall–Kier alpha value is -3.88. The first kappa shape index (κ1) is 20.0. The normalized spacial score (nSPS) is 16.2. The first-order valence-electron chi connectivity index (χ1n) is 10.5. The van der Waals surface area contributed by atoms with E-state index >= 15 is 0 Å². The van der Waals surface area contributed by atoms with Gasteiger partial charge in [0, 0.05) is 5.69 Å². The number of amides is 1. The average molecular weight is 433 g/mol. The lowest BCUT2D eigenvalue weighted by atomic mass is 9.80. The Balaban J connectivity index is 1.51. The Labute approximate surface area is 183 Å². The molecule has 2 aliphatic rings. The van der Waals surface area contributed by atoms with Gasteiger partial charge in [0.15, 0.2) is 0 Å². The molecule has 1 saturated carbocycles. The number of nitrogens with one attached hydrogen (secondary N) is 1. The van der Waals surface area contributed by atoms with Crippen molar-refractivity contribution in [3.63, 3.8) is 0 Å². The molecule has 5 rings (SSSR count). The van der Waals surface area contributed by atoms with E-state index in [1.165, 1.54) is 0 Å². The molecule has 2 aromatic carbocycles. The summed E-state index contributed by atoms with van der Waals surface area (Å²) in [5, 5.41) is 6.92. The van der Waals surface area contributed by atoms with E-state index in [0.29, 0.717) is 21.9 Å². The number of fused-ring (bicyclic) bond motifs is 2. The van der Waals surface area contributed by atoms with Crippen LogP contribution in [0.15, 0.2) is 46.1 Å². The van der Waals surface area contributed by atoms with E-state index in [-0.39, 0.29) is 5.91 Å². The van der Waals surface area contributed by atoms with Crippen LogP contribution in [0.25, 0.3) is 5.69 Å². The van der Waals surface area contributed by atoms with Crippen LogP contribution in [0.2, 0.25) is 0 Å². The number of nitrogens with zero attached hydrogens (tertiary/aromatic N) is 3. The molecule has 164 valence electrons. The van der Waals surface area contributed by atoms with Crippen molar-refractivity contribution in [3.8, 4) is 17.2 Å². The Morgan fingerprint density at radius 3 is 2.44 bits per heavy atom. The number of rotatable bonds is 3. The fourth-order valence-electron chi connectivity index (χ4n) is 4.85. The number of carbonyl (C=O) groups excluding carboxylic acids is 1. The van der Waals surface area contributed by atoms with Crippen LogP contribution in [0.4, 0.5) is 5.69 Å². The van der Waals surface area contributed by atoms with Crippen molar-refractivity contribution in [1.82, 2.24) is 14.5 Å². The zero-order valence-electron chi connectivity index (χ0n) is 17.8. The number of benzene rings is 2. The molecule has 1 aliphatic heterocycles. The third kappa shape index (κ3) is 2.92. The van der Waals surface area contributed by atoms with Crippen molar-refractivity contribution in [2.75, 3.05) is 11.2 Å². The second kappa shape index (κ2) is 7.08. The summed E-state index contributed by atoms with van der Waals surface area (Å²) in [6.45, 7) is 3.73. The highest BCUT2D eigenvalue weighted by atomic mass is 16.5. The van der Waals surface area contributed by atoms with Gasteiger partial charge in [0.2, 0.25) is 5.91 Å². The van der Waals surface area contributed by atoms with Gasteiger partial charge >= 0.3 is 5.69 Å². The largest absolute Gasteiger partial charge is 0.457 e. The van der Waals surface area contributed by atoms with E-state index < -0.39 is 16.7 Å². The summed E-state index contributed by atoms with van der Waals surface area (Å²) < 4.78 is 7.83. The summed E-state index contributed by atoms with van der Waals surface area (Å²) in [4.78, 5) is 36.5. The number of hydrogen-bond donors (Lipinski definition) is 2. The topological polar surface area (TPSA) is 121 Å². The van der Waals surface area contributed by atoms with Gasteiger partial charge in [-0.25, -0.2) is 4.79 Å². The third-order valence-corrected chi connectivity index (χ3v) is 6.46. The molecule has 1 amide bonds. The Kier molecular flexibility index (Phi) is 4.44. The van der Waals surface area contributed by atoms with E-state index in [9.17, 15) is 14.4 Å². The van der Waals surface area contributed by atoms with Crippen molar-refractivity contribution in [2.45, 2.75) is 44.9 Å². The maximum absolute atomic E-state index is 12.7. The van der Waals surface area contributed by atoms with Gasteiger partial charge in [0.25, 0.3) is 5.56 Å². The minimum absolute atomic E-state index is 0.0815. The summed E-state index contributed by atoms with van der Waals surface area (Å²) in [6, 6.07) is 9.19. The zero-order valence-corrected chi connectivity index (χ0v) is 17.8. The lowest BCUT2D eigenvalue weighted by Gasteiger charge is -2.21. The molecule has 0 bridgehead atoms. The maximum atomic E-state index is 12.7. The van der Waals surface area contributed by atoms with Crippen molar-refractivity contribution in [2.24, 2.45) is 0 Å². The van der Waals surface area contributed by atoms with E-state index in [4.69, 9.17) is 10.6 Å². The monoisotopic (exact) mass is 433 g/mol. The molecule has 1 aromatic heterocycles. The van der Waals surface area contributed by atoms with Crippen LogP contribution in [-0.4, -0.2) is 20.4 Å². The highest BCUT2D eigenvalue weighted by molar-refractivity contribution is 6.06. The maximum Gasteiger partial charge on any atom is 0.370 e. The number of aryl methyl sites for hydroxylation is 2.